The van der Waals surface area contributed by atoms with Crippen molar-refractivity contribution in [3.05, 3.63) is 70.2 Å². The molecule has 0 aliphatic rings. The van der Waals surface area contributed by atoms with Gasteiger partial charge in [0.25, 0.3) is 5.91 Å². The average molecular weight is 342 g/mol. The van der Waals surface area contributed by atoms with Crippen molar-refractivity contribution in [2.75, 3.05) is 0 Å². The molecule has 0 heterocycles. The molecule has 2 aromatic carbocycles. The first-order valence-corrected chi connectivity index (χ1v) is 7.23. The Kier molecular flexibility index (Phi) is 4.71. The highest BCUT2D eigenvalue weighted by atomic mass is 35.5. The van der Waals surface area contributed by atoms with E-state index in [1.54, 1.807) is 32.0 Å². The van der Waals surface area contributed by atoms with E-state index in [0.717, 1.165) is 29.8 Å². The molecule has 2 rings (SSSR count). The van der Waals surface area contributed by atoms with Crippen LogP contribution in [0.4, 0.5) is 13.2 Å². The smallest absolute Gasteiger partial charge is 0.343 e. The molecule has 0 spiro atoms. The van der Waals surface area contributed by atoms with Crippen LogP contribution in [0.15, 0.2) is 48.5 Å². The lowest BCUT2D eigenvalue weighted by Crippen LogP contribution is -2.41. The lowest BCUT2D eigenvalue weighted by molar-refractivity contribution is -0.137. The van der Waals surface area contributed by atoms with Gasteiger partial charge in [0.2, 0.25) is 0 Å². The Balaban J connectivity index is 2.18. The van der Waals surface area contributed by atoms with Crippen LogP contribution in [0.5, 0.6) is 0 Å². The number of benzene rings is 2. The Labute approximate surface area is 137 Å². The summed E-state index contributed by atoms with van der Waals surface area (Å²) in [6, 6.07) is 11.1. The van der Waals surface area contributed by atoms with Crippen LogP contribution in [0.25, 0.3) is 0 Å². The Morgan fingerprint density at radius 1 is 1.00 bits per heavy atom. The zero-order valence-corrected chi connectivity index (χ0v) is 13.3. The molecule has 0 radical (unpaired) electrons. The molecule has 2 nitrogen and oxygen atoms in total. The summed E-state index contributed by atoms with van der Waals surface area (Å²) in [5.74, 6) is -0.455. The first-order valence-electron chi connectivity index (χ1n) is 6.85. The van der Waals surface area contributed by atoms with Gasteiger partial charge in [-0.15, -0.1) is 0 Å². The van der Waals surface area contributed by atoms with Crippen molar-refractivity contribution in [1.82, 2.24) is 5.32 Å². The third-order valence-electron chi connectivity index (χ3n) is 3.45. The Morgan fingerprint density at radius 2 is 1.61 bits per heavy atom. The molecule has 0 bridgehead atoms. The second-order valence-corrected chi connectivity index (χ2v) is 6.10. The summed E-state index contributed by atoms with van der Waals surface area (Å²) in [6.07, 6.45) is -4.42. The van der Waals surface area contributed by atoms with Gasteiger partial charge in [0, 0.05) is 10.6 Å². The minimum absolute atomic E-state index is 0.160. The molecule has 0 aliphatic carbocycles. The number of amides is 1. The zero-order valence-electron chi connectivity index (χ0n) is 12.5. The molecule has 1 N–H and O–H groups in total. The summed E-state index contributed by atoms with van der Waals surface area (Å²) in [5.41, 5.74) is -0.550. The molecule has 0 fully saturated rings. The predicted molar refractivity (Wildman–Crippen MR) is 83.4 cm³/mol. The van der Waals surface area contributed by atoms with Crippen LogP contribution >= 0.6 is 11.6 Å². The summed E-state index contributed by atoms with van der Waals surface area (Å²) in [5, 5.41) is 3.34. The summed E-state index contributed by atoms with van der Waals surface area (Å²) in [7, 11) is 0. The van der Waals surface area contributed by atoms with Gasteiger partial charge in [0.1, 0.15) is 0 Å². The van der Waals surface area contributed by atoms with E-state index in [0.29, 0.717) is 5.02 Å². The number of carbonyl (C=O) groups excluding carboxylic acids is 1. The predicted octanol–water partition coefficient (Wildman–Crippen LogP) is 5.02. The van der Waals surface area contributed by atoms with Crippen LogP contribution in [0.1, 0.15) is 35.3 Å². The molecule has 0 aromatic heterocycles. The molecule has 23 heavy (non-hydrogen) atoms. The second-order valence-electron chi connectivity index (χ2n) is 5.66. The molecule has 0 atom stereocenters. The summed E-state index contributed by atoms with van der Waals surface area (Å²) < 4.78 is 37.6. The van der Waals surface area contributed by atoms with Crippen LogP contribution in [-0.4, -0.2) is 5.91 Å². The summed E-state index contributed by atoms with van der Waals surface area (Å²) in [6.45, 7) is 3.58. The van der Waals surface area contributed by atoms with Crippen molar-refractivity contribution in [3.63, 3.8) is 0 Å². The van der Waals surface area contributed by atoms with Gasteiger partial charge in [-0.1, -0.05) is 23.7 Å². The van der Waals surface area contributed by atoms with Gasteiger partial charge < -0.3 is 5.32 Å². The van der Waals surface area contributed by atoms with Gasteiger partial charge in [-0.25, -0.2) is 0 Å². The standard InChI is InChI=1S/C17H15ClF3NO/c1-16(2,13-4-3-5-14(18)10-13)22-15(23)11-6-8-12(9-7-11)17(19,20)21/h3-10H,1-2H3,(H,22,23). The average Bonchev–Trinajstić information content (AvgIpc) is 2.46. The normalized spacial score (nSPS) is 12.1. The number of alkyl halides is 3. The lowest BCUT2D eigenvalue weighted by Gasteiger charge is -2.27. The number of nitrogens with one attached hydrogen (secondary N) is 1. The Morgan fingerprint density at radius 3 is 2.13 bits per heavy atom. The fourth-order valence-electron chi connectivity index (χ4n) is 2.12. The lowest BCUT2D eigenvalue weighted by atomic mass is 9.94. The van der Waals surface area contributed by atoms with Crippen LogP contribution in [0, 0.1) is 0 Å². The van der Waals surface area contributed by atoms with Crippen molar-refractivity contribution in [2.24, 2.45) is 0 Å². The van der Waals surface area contributed by atoms with Gasteiger partial charge >= 0.3 is 6.18 Å². The van der Waals surface area contributed by atoms with Crippen molar-refractivity contribution in [2.45, 2.75) is 25.6 Å². The van der Waals surface area contributed by atoms with Gasteiger partial charge in [-0.05, 0) is 55.8 Å². The number of rotatable bonds is 3. The van der Waals surface area contributed by atoms with E-state index >= 15 is 0 Å². The molecule has 122 valence electrons. The first kappa shape index (κ1) is 17.3. The first-order chi connectivity index (χ1) is 10.6. The van der Waals surface area contributed by atoms with E-state index in [2.05, 4.69) is 5.32 Å². The van der Waals surface area contributed by atoms with E-state index in [1.165, 1.54) is 0 Å². The minimum atomic E-state index is -4.42. The highest BCUT2D eigenvalue weighted by Crippen LogP contribution is 2.29. The third-order valence-corrected chi connectivity index (χ3v) is 3.68. The van der Waals surface area contributed by atoms with Crippen molar-refractivity contribution < 1.29 is 18.0 Å². The van der Waals surface area contributed by atoms with E-state index in [4.69, 9.17) is 11.6 Å². The molecule has 0 saturated carbocycles. The maximum atomic E-state index is 12.5. The van der Waals surface area contributed by atoms with Crippen LogP contribution < -0.4 is 5.32 Å². The molecular weight excluding hydrogens is 327 g/mol. The zero-order chi connectivity index (χ0) is 17.3. The maximum Gasteiger partial charge on any atom is 0.416 e. The molecule has 2 aromatic rings. The number of carbonyl (C=O) groups is 1. The molecular formula is C17H15ClF3NO. The Hall–Kier alpha value is -2.01. The molecule has 0 aliphatic heterocycles. The third kappa shape index (κ3) is 4.26. The minimum Gasteiger partial charge on any atom is -0.343 e. The fraction of sp³-hybridized carbons (Fsp3) is 0.235. The summed E-state index contributed by atoms with van der Waals surface area (Å²) in [4.78, 5) is 12.3. The van der Waals surface area contributed by atoms with Crippen molar-refractivity contribution in [1.29, 1.82) is 0 Å². The van der Waals surface area contributed by atoms with Gasteiger partial charge in [0.05, 0.1) is 11.1 Å². The summed E-state index contributed by atoms with van der Waals surface area (Å²) >= 11 is 5.95. The Bertz CT molecular complexity index is 709. The fourth-order valence-corrected chi connectivity index (χ4v) is 2.31. The quantitative estimate of drug-likeness (QED) is 0.834. The van der Waals surface area contributed by atoms with Crippen LogP contribution in [-0.2, 0) is 11.7 Å². The van der Waals surface area contributed by atoms with Crippen molar-refractivity contribution in [3.8, 4) is 0 Å². The second kappa shape index (κ2) is 6.24. The molecule has 0 saturated heterocycles. The largest absolute Gasteiger partial charge is 0.416 e. The maximum absolute atomic E-state index is 12.5. The number of hydrogen-bond donors (Lipinski definition) is 1. The number of halogens is 4. The van der Waals surface area contributed by atoms with Gasteiger partial charge in [0.15, 0.2) is 0 Å². The molecule has 6 heteroatoms. The van der Waals surface area contributed by atoms with E-state index in [9.17, 15) is 18.0 Å². The van der Waals surface area contributed by atoms with E-state index < -0.39 is 23.2 Å². The van der Waals surface area contributed by atoms with Crippen molar-refractivity contribution >= 4 is 17.5 Å². The monoisotopic (exact) mass is 341 g/mol. The SMILES string of the molecule is CC(C)(NC(=O)c1ccc(C(F)(F)F)cc1)c1cccc(Cl)c1. The van der Waals surface area contributed by atoms with Gasteiger partial charge in [-0.2, -0.15) is 13.2 Å². The van der Waals surface area contributed by atoms with Crippen LogP contribution in [0.2, 0.25) is 5.02 Å². The molecule has 0 unspecified atom stereocenters. The van der Waals surface area contributed by atoms with E-state index in [-0.39, 0.29) is 5.56 Å². The van der Waals surface area contributed by atoms with Gasteiger partial charge in [-0.3, -0.25) is 4.79 Å². The van der Waals surface area contributed by atoms with Crippen LogP contribution in [0.3, 0.4) is 0 Å². The number of hydrogen-bond acceptors (Lipinski definition) is 1. The highest BCUT2D eigenvalue weighted by molar-refractivity contribution is 6.30. The van der Waals surface area contributed by atoms with E-state index in [1.807, 2.05) is 6.07 Å². The topological polar surface area (TPSA) is 29.1 Å². The molecule has 1 amide bonds. The highest BCUT2D eigenvalue weighted by Gasteiger charge is 2.30.